The predicted octanol–water partition coefficient (Wildman–Crippen LogP) is 1.33. The zero-order valence-corrected chi connectivity index (χ0v) is 5.97. The lowest BCUT2D eigenvalue weighted by Crippen LogP contribution is -2.02. The average molecular weight is 128 g/mol. The number of unbranched alkanes of at least 4 members (excludes halogenated alkanes) is 3. The molecule has 53 valence electrons. The van der Waals surface area contributed by atoms with E-state index in [9.17, 15) is 4.79 Å². The van der Waals surface area contributed by atoms with Crippen LogP contribution >= 0.6 is 0 Å². The lowest BCUT2D eigenvalue weighted by Gasteiger charge is -1.93. The summed E-state index contributed by atoms with van der Waals surface area (Å²) in [6, 6.07) is 0. The van der Waals surface area contributed by atoms with Gasteiger partial charge in [-0.2, -0.15) is 0 Å². The molecule has 9 heavy (non-hydrogen) atoms. The van der Waals surface area contributed by atoms with E-state index in [1.54, 1.807) is 0 Å². The van der Waals surface area contributed by atoms with Crippen LogP contribution in [0.25, 0.3) is 0 Å². The van der Waals surface area contributed by atoms with Crippen LogP contribution in [0, 0.1) is 0 Å². The fourth-order valence-corrected chi connectivity index (χ4v) is 0.683. The summed E-state index contributed by atoms with van der Waals surface area (Å²) in [5.74, 6) is 0. The smallest absolute Gasteiger partial charge is 0.228 e. The lowest BCUT2D eigenvalue weighted by molar-refractivity contribution is -0.109. The number of amides is 1. The van der Waals surface area contributed by atoms with Gasteiger partial charge in [0.2, 0.25) is 6.41 Å². The van der Waals surface area contributed by atoms with E-state index >= 15 is 0 Å². The summed E-state index contributed by atoms with van der Waals surface area (Å²) in [6.45, 7) is 2.88. The van der Waals surface area contributed by atoms with Crippen LogP contribution in [0.5, 0.6) is 0 Å². The van der Waals surface area contributed by atoms with Crippen LogP contribution in [-0.4, -0.2) is 13.0 Å². The van der Waals surface area contributed by atoms with E-state index in [1.165, 1.54) is 19.3 Å². The van der Waals surface area contributed by atoms with E-state index in [2.05, 4.69) is 12.2 Å². The van der Waals surface area contributed by atoms with Gasteiger partial charge in [0.25, 0.3) is 0 Å². The third kappa shape index (κ3) is 7.47. The fraction of sp³-hybridized carbons (Fsp3) is 0.857. The topological polar surface area (TPSA) is 31.2 Å². The zero-order chi connectivity index (χ0) is 6.95. The van der Waals surface area contributed by atoms with E-state index < -0.39 is 0 Å². The van der Waals surface area contributed by atoms with Crippen molar-refractivity contribution >= 4 is 6.41 Å². The van der Waals surface area contributed by atoms with E-state index in [4.69, 9.17) is 0 Å². The van der Waals surface area contributed by atoms with E-state index in [0.29, 0.717) is 13.0 Å². The van der Waals surface area contributed by atoms with Crippen molar-refractivity contribution in [1.82, 2.24) is 5.32 Å². The van der Waals surface area contributed by atoms with Gasteiger partial charge in [-0.25, -0.2) is 0 Å². The summed E-state index contributed by atoms with van der Waals surface area (Å²) in [5, 5.41) is 3.56. The molecule has 0 spiro atoms. The molecule has 2 heteroatoms. The molecule has 1 radical (unpaired) electrons. The Morgan fingerprint density at radius 1 is 1.33 bits per heavy atom. The van der Waals surface area contributed by atoms with Crippen LogP contribution < -0.4 is 5.32 Å². The quantitative estimate of drug-likeness (QED) is 0.392. The Morgan fingerprint density at radius 3 is 2.67 bits per heavy atom. The van der Waals surface area contributed by atoms with Crippen molar-refractivity contribution < 1.29 is 4.79 Å². The first kappa shape index (κ1) is 8.47. The Kier molecular flexibility index (Phi) is 7.03. The molecule has 0 atom stereocenters. The first-order valence-electron chi connectivity index (χ1n) is 3.52. The maximum absolute atomic E-state index is 9.67. The van der Waals surface area contributed by atoms with Gasteiger partial charge in [0.1, 0.15) is 0 Å². The monoisotopic (exact) mass is 128 g/mol. The molecule has 0 fully saturated rings. The summed E-state index contributed by atoms with van der Waals surface area (Å²) in [4.78, 5) is 9.67. The second-order valence-corrected chi connectivity index (χ2v) is 2.07. The molecule has 0 aliphatic carbocycles. The number of carbonyl (C=O) groups excluding carboxylic acids is 1. The standard InChI is InChI=1S/C7H14NO/c1-2-3-4-5-6-8-7-9/h7H,2-6H2,1H3. The highest BCUT2D eigenvalue weighted by atomic mass is 16.1. The maximum Gasteiger partial charge on any atom is 0.228 e. The molecular weight excluding hydrogens is 114 g/mol. The third-order valence-electron chi connectivity index (χ3n) is 1.22. The normalized spacial score (nSPS) is 9.00. The molecule has 0 aromatic heterocycles. The third-order valence-corrected chi connectivity index (χ3v) is 1.22. The molecule has 1 amide bonds. The van der Waals surface area contributed by atoms with Crippen molar-refractivity contribution in [3.05, 3.63) is 0 Å². The average Bonchev–Trinajstić information content (AvgIpc) is 1.89. The molecule has 0 saturated heterocycles. The summed E-state index contributed by atoms with van der Waals surface area (Å²) >= 11 is 0. The van der Waals surface area contributed by atoms with Crippen LogP contribution in [0.15, 0.2) is 0 Å². The Bertz CT molecular complexity index is 63.9. The fourth-order valence-electron chi connectivity index (χ4n) is 0.683. The second kappa shape index (κ2) is 7.47. The summed E-state index contributed by atoms with van der Waals surface area (Å²) in [7, 11) is 0. The lowest BCUT2D eigenvalue weighted by atomic mass is 10.2. The minimum Gasteiger partial charge on any atom is -0.277 e. The molecule has 2 nitrogen and oxygen atoms in total. The Balaban J connectivity index is 2.66. The van der Waals surface area contributed by atoms with Gasteiger partial charge >= 0.3 is 0 Å². The number of hydrogen-bond donors (Lipinski definition) is 0. The van der Waals surface area contributed by atoms with E-state index in [0.717, 1.165) is 6.42 Å². The van der Waals surface area contributed by atoms with Crippen molar-refractivity contribution in [2.75, 3.05) is 6.54 Å². The predicted molar refractivity (Wildman–Crippen MR) is 37.2 cm³/mol. The number of carbonyl (C=O) groups is 1. The van der Waals surface area contributed by atoms with Crippen molar-refractivity contribution in [3.63, 3.8) is 0 Å². The van der Waals surface area contributed by atoms with Gasteiger partial charge in [-0.05, 0) is 6.42 Å². The van der Waals surface area contributed by atoms with Gasteiger partial charge in [-0.15, -0.1) is 0 Å². The van der Waals surface area contributed by atoms with Gasteiger partial charge < -0.3 is 0 Å². The molecule has 0 saturated carbocycles. The summed E-state index contributed by atoms with van der Waals surface area (Å²) < 4.78 is 0. The van der Waals surface area contributed by atoms with Gasteiger partial charge in [0, 0.05) is 6.54 Å². The molecule has 0 aromatic rings. The number of hydrogen-bond acceptors (Lipinski definition) is 1. The minimum absolute atomic E-state index is 0.631. The molecule has 0 rings (SSSR count). The molecule has 0 aliphatic heterocycles. The zero-order valence-electron chi connectivity index (χ0n) is 5.97. The van der Waals surface area contributed by atoms with Crippen LogP contribution in [0.4, 0.5) is 0 Å². The second-order valence-electron chi connectivity index (χ2n) is 2.07. The molecule has 0 bridgehead atoms. The highest BCUT2D eigenvalue weighted by Crippen LogP contribution is 1.96. The Labute approximate surface area is 56.6 Å². The molecular formula is C7H14NO. The SMILES string of the molecule is CCCCCC[N]C=O. The Hall–Kier alpha value is -0.530. The summed E-state index contributed by atoms with van der Waals surface area (Å²) in [5.41, 5.74) is 0. The van der Waals surface area contributed by atoms with Crippen LogP contribution in [0.3, 0.4) is 0 Å². The van der Waals surface area contributed by atoms with E-state index in [1.807, 2.05) is 0 Å². The first-order chi connectivity index (χ1) is 4.41. The van der Waals surface area contributed by atoms with Crippen molar-refractivity contribution in [1.29, 1.82) is 0 Å². The molecule has 0 heterocycles. The van der Waals surface area contributed by atoms with Gasteiger partial charge in [-0.1, -0.05) is 26.2 Å². The molecule has 0 aromatic carbocycles. The van der Waals surface area contributed by atoms with Gasteiger partial charge in [0.15, 0.2) is 0 Å². The summed E-state index contributed by atoms with van der Waals surface area (Å²) in [6.07, 6.45) is 5.39. The number of rotatable bonds is 6. The largest absolute Gasteiger partial charge is 0.277 e. The highest BCUT2D eigenvalue weighted by molar-refractivity contribution is 5.45. The van der Waals surface area contributed by atoms with Gasteiger partial charge in [0.05, 0.1) is 0 Å². The van der Waals surface area contributed by atoms with Crippen LogP contribution in [0.2, 0.25) is 0 Å². The van der Waals surface area contributed by atoms with Crippen molar-refractivity contribution in [2.24, 2.45) is 0 Å². The Morgan fingerprint density at radius 2 is 2.11 bits per heavy atom. The highest BCUT2D eigenvalue weighted by Gasteiger charge is 1.85. The van der Waals surface area contributed by atoms with Crippen molar-refractivity contribution in [2.45, 2.75) is 32.6 Å². The first-order valence-corrected chi connectivity index (χ1v) is 3.52. The maximum atomic E-state index is 9.67. The molecule has 0 aliphatic rings. The molecule has 0 unspecified atom stereocenters. The van der Waals surface area contributed by atoms with Crippen molar-refractivity contribution in [3.8, 4) is 0 Å². The van der Waals surface area contributed by atoms with Crippen LogP contribution in [0.1, 0.15) is 32.6 Å². The molecule has 0 N–H and O–H groups in total. The van der Waals surface area contributed by atoms with Crippen LogP contribution in [-0.2, 0) is 4.79 Å². The minimum atomic E-state index is 0.631. The van der Waals surface area contributed by atoms with Gasteiger partial charge in [-0.3, -0.25) is 10.1 Å². The van der Waals surface area contributed by atoms with E-state index in [-0.39, 0.29) is 0 Å². The number of nitrogens with zero attached hydrogens (tertiary/aromatic N) is 1.